The molecule has 0 aromatic rings. The Morgan fingerprint density at radius 2 is 2.38 bits per heavy atom. The van der Waals surface area contributed by atoms with Crippen LogP contribution in [0.3, 0.4) is 0 Å². The van der Waals surface area contributed by atoms with Gasteiger partial charge in [0.25, 0.3) is 0 Å². The molecule has 1 aliphatic carbocycles. The minimum atomic E-state index is -0.332. The molecule has 1 saturated heterocycles. The fraction of sp³-hybridized carbons (Fsp3) is 1.00. The van der Waals surface area contributed by atoms with Crippen molar-refractivity contribution < 1.29 is 9.84 Å². The molecule has 3 atom stereocenters. The molecule has 16 heavy (non-hydrogen) atoms. The molecular formula is C12H24N2O2. The Bertz CT molecular complexity index is 237. The van der Waals surface area contributed by atoms with E-state index in [-0.39, 0.29) is 12.1 Å². The van der Waals surface area contributed by atoms with Crippen molar-refractivity contribution in [2.45, 2.75) is 50.2 Å². The molecule has 0 spiro atoms. The third kappa shape index (κ3) is 2.40. The summed E-state index contributed by atoms with van der Waals surface area (Å²) in [5, 5.41) is 9.30. The molecule has 3 unspecified atom stereocenters. The second kappa shape index (κ2) is 5.00. The average molecular weight is 228 g/mol. The van der Waals surface area contributed by atoms with Crippen LogP contribution >= 0.6 is 0 Å². The predicted molar refractivity (Wildman–Crippen MR) is 63.2 cm³/mol. The van der Waals surface area contributed by atoms with Crippen LogP contribution in [0.25, 0.3) is 0 Å². The summed E-state index contributed by atoms with van der Waals surface area (Å²) in [6.45, 7) is 5.03. The van der Waals surface area contributed by atoms with Crippen LogP contribution in [-0.4, -0.2) is 54.0 Å². The highest BCUT2D eigenvalue weighted by Crippen LogP contribution is 2.33. The molecular weight excluding hydrogens is 204 g/mol. The van der Waals surface area contributed by atoms with E-state index in [1.165, 1.54) is 0 Å². The Labute approximate surface area is 97.7 Å². The lowest BCUT2D eigenvalue weighted by molar-refractivity contribution is -0.0302. The summed E-state index contributed by atoms with van der Waals surface area (Å²) < 4.78 is 5.52. The van der Waals surface area contributed by atoms with E-state index in [2.05, 4.69) is 11.8 Å². The van der Waals surface area contributed by atoms with Crippen LogP contribution in [0.5, 0.6) is 0 Å². The highest BCUT2D eigenvalue weighted by molar-refractivity contribution is 4.98. The van der Waals surface area contributed by atoms with E-state index >= 15 is 0 Å². The van der Waals surface area contributed by atoms with Crippen molar-refractivity contribution >= 4 is 0 Å². The maximum Gasteiger partial charge on any atom is 0.0622 e. The molecule has 94 valence electrons. The number of aliphatic hydroxyl groups excluding tert-OH is 1. The fourth-order valence-corrected chi connectivity index (χ4v) is 3.05. The van der Waals surface area contributed by atoms with E-state index in [0.717, 1.165) is 45.4 Å². The normalized spacial score (nSPS) is 41.4. The molecule has 4 nitrogen and oxygen atoms in total. The molecule has 4 heteroatoms. The van der Waals surface area contributed by atoms with Crippen molar-refractivity contribution in [3.8, 4) is 0 Å². The minimum absolute atomic E-state index is 0.116. The molecule has 0 bridgehead atoms. The van der Waals surface area contributed by atoms with Gasteiger partial charge in [-0.05, 0) is 25.7 Å². The largest absolute Gasteiger partial charge is 0.394 e. The van der Waals surface area contributed by atoms with Crippen LogP contribution in [0, 0.1) is 0 Å². The van der Waals surface area contributed by atoms with Crippen molar-refractivity contribution in [1.29, 1.82) is 0 Å². The Balaban J connectivity index is 1.96. The lowest BCUT2D eigenvalue weighted by Crippen LogP contribution is -2.51. The number of hydrogen-bond acceptors (Lipinski definition) is 4. The number of hydrogen-bond donors (Lipinski definition) is 2. The highest BCUT2D eigenvalue weighted by Gasteiger charge is 2.40. The van der Waals surface area contributed by atoms with Crippen molar-refractivity contribution in [3.05, 3.63) is 0 Å². The second-order valence-electron chi connectivity index (χ2n) is 5.29. The first kappa shape index (κ1) is 12.3. The maximum atomic E-state index is 9.30. The smallest absolute Gasteiger partial charge is 0.0622 e. The van der Waals surface area contributed by atoms with E-state index in [0.29, 0.717) is 12.1 Å². The van der Waals surface area contributed by atoms with Crippen LogP contribution in [0.2, 0.25) is 0 Å². The first-order chi connectivity index (χ1) is 7.68. The van der Waals surface area contributed by atoms with Gasteiger partial charge in [-0.25, -0.2) is 0 Å². The van der Waals surface area contributed by atoms with E-state index in [4.69, 9.17) is 10.5 Å². The van der Waals surface area contributed by atoms with Crippen LogP contribution in [0.1, 0.15) is 32.6 Å². The van der Waals surface area contributed by atoms with E-state index in [1.54, 1.807) is 0 Å². The Morgan fingerprint density at radius 1 is 1.56 bits per heavy atom. The summed E-state index contributed by atoms with van der Waals surface area (Å²) in [6.07, 6.45) is 4.13. The summed E-state index contributed by atoms with van der Waals surface area (Å²) in [7, 11) is 0. The number of nitrogens with two attached hydrogens (primary N) is 1. The predicted octanol–water partition coefficient (Wildman–Crippen LogP) is 0.340. The van der Waals surface area contributed by atoms with Gasteiger partial charge in [-0.15, -0.1) is 0 Å². The fourth-order valence-electron chi connectivity index (χ4n) is 3.05. The average Bonchev–Trinajstić information content (AvgIpc) is 2.73. The number of morpholine rings is 1. The molecule has 1 heterocycles. The lowest BCUT2D eigenvalue weighted by Gasteiger charge is -2.39. The molecule has 2 rings (SSSR count). The molecule has 3 N–H and O–H groups in total. The van der Waals surface area contributed by atoms with Crippen molar-refractivity contribution in [3.63, 3.8) is 0 Å². The third-order valence-corrected chi connectivity index (χ3v) is 4.15. The van der Waals surface area contributed by atoms with E-state index in [9.17, 15) is 5.11 Å². The van der Waals surface area contributed by atoms with Gasteiger partial charge in [0.2, 0.25) is 0 Å². The van der Waals surface area contributed by atoms with Gasteiger partial charge in [-0.2, -0.15) is 0 Å². The quantitative estimate of drug-likeness (QED) is 0.731. The Kier molecular flexibility index (Phi) is 3.85. The van der Waals surface area contributed by atoms with Crippen molar-refractivity contribution in [2.75, 3.05) is 26.4 Å². The summed E-state index contributed by atoms with van der Waals surface area (Å²) in [6, 6.07) is 1.09. The monoisotopic (exact) mass is 228 g/mol. The standard InChI is InChI=1S/C12H24N2O2/c1-2-10-8-16-6-5-14(10)11-3-4-12(13,7-11)9-15/h10-11,15H,2-9,13H2,1H3. The number of nitrogens with zero attached hydrogens (tertiary/aromatic N) is 1. The van der Waals surface area contributed by atoms with Gasteiger partial charge < -0.3 is 15.6 Å². The van der Waals surface area contributed by atoms with Crippen LogP contribution in [-0.2, 0) is 4.74 Å². The molecule has 0 aromatic carbocycles. The first-order valence-corrected chi connectivity index (χ1v) is 6.42. The van der Waals surface area contributed by atoms with Crippen LogP contribution in [0.15, 0.2) is 0 Å². The summed E-state index contributed by atoms with van der Waals surface area (Å²) in [5.74, 6) is 0. The molecule has 0 radical (unpaired) electrons. The number of rotatable bonds is 3. The maximum absolute atomic E-state index is 9.30. The third-order valence-electron chi connectivity index (χ3n) is 4.15. The Hall–Kier alpha value is -0.160. The molecule has 1 aliphatic heterocycles. The zero-order chi connectivity index (χ0) is 11.6. The van der Waals surface area contributed by atoms with E-state index in [1.807, 2.05) is 0 Å². The van der Waals surface area contributed by atoms with Crippen molar-refractivity contribution in [1.82, 2.24) is 4.90 Å². The molecule has 0 amide bonds. The van der Waals surface area contributed by atoms with Gasteiger partial charge in [-0.3, -0.25) is 4.90 Å². The van der Waals surface area contributed by atoms with Gasteiger partial charge in [0.05, 0.1) is 19.8 Å². The van der Waals surface area contributed by atoms with Gasteiger partial charge in [0.1, 0.15) is 0 Å². The zero-order valence-electron chi connectivity index (χ0n) is 10.2. The van der Waals surface area contributed by atoms with Gasteiger partial charge >= 0.3 is 0 Å². The molecule has 2 aliphatic rings. The van der Waals surface area contributed by atoms with Crippen LogP contribution < -0.4 is 5.73 Å². The lowest BCUT2D eigenvalue weighted by atomic mass is 9.99. The first-order valence-electron chi connectivity index (χ1n) is 6.42. The summed E-state index contributed by atoms with van der Waals surface area (Å²) in [5.41, 5.74) is 5.80. The minimum Gasteiger partial charge on any atom is -0.394 e. The van der Waals surface area contributed by atoms with Gasteiger partial charge in [0.15, 0.2) is 0 Å². The van der Waals surface area contributed by atoms with Crippen LogP contribution in [0.4, 0.5) is 0 Å². The summed E-state index contributed by atoms with van der Waals surface area (Å²) in [4.78, 5) is 2.55. The highest BCUT2D eigenvalue weighted by atomic mass is 16.5. The number of aliphatic hydroxyl groups is 1. The molecule has 1 saturated carbocycles. The second-order valence-corrected chi connectivity index (χ2v) is 5.29. The van der Waals surface area contributed by atoms with Gasteiger partial charge in [0, 0.05) is 24.2 Å². The van der Waals surface area contributed by atoms with Gasteiger partial charge in [-0.1, -0.05) is 6.92 Å². The Morgan fingerprint density at radius 3 is 3.00 bits per heavy atom. The molecule has 0 aromatic heterocycles. The van der Waals surface area contributed by atoms with E-state index < -0.39 is 0 Å². The SMILES string of the molecule is CCC1COCCN1C1CCC(N)(CO)C1. The zero-order valence-corrected chi connectivity index (χ0v) is 10.2. The topological polar surface area (TPSA) is 58.7 Å². The number of ether oxygens (including phenoxy) is 1. The van der Waals surface area contributed by atoms with Crippen molar-refractivity contribution in [2.24, 2.45) is 5.73 Å². The molecule has 2 fully saturated rings. The summed E-state index contributed by atoms with van der Waals surface area (Å²) >= 11 is 0.